The maximum absolute atomic E-state index is 13.8. The van der Waals surface area contributed by atoms with Gasteiger partial charge in [0, 0.05) is 37.1 Å². The molecule has 0 aliphatic heterocycles. The van der Waals surface area contributed by atoms with Gasteiger partial charge in [0.05, 0.1) is 11.8 Å². The van der Waals surface area contributed by atoms with Crippen LogP contribution in [0.25, 0.3) is 11.3 Å². The van der Waals surface area contributed by atoms with Crippen LogP contribution in [-0.2, 0) is 17.8 Å². The highest BCUT2D eigenvalue weighted by molar-refractivity contribution is 5.94. The third-order valence-corrected chi connectivity index (χ3v) is 4.93. The zero-order valence-corrected chi connectivity index (χ0v) is 16.7. The number of hydrogen-bond acceptors (Lipinski definition) is 4. The van der Waals surface area contributed by atoms with Crippen molar-refractivity contribution < 1.29 is 22.8 Å². The molecule has 1 aliphatic rings. The number of amides is 2. The standard InChI is InChI=1S/C23H21F2N3O3/c24-16-5-8-18(19(25)11-16)20-13-27-22(31-20)10-9-21(29)26-12-14-1-3-15(4-2-14)23(30)28-17-6-7-17/h1-5,8,11,13,17H,6-7,9-10,12H2,(H,26,29)(H,28,30). The van der Waals surface area contributed by atoms with Gasteiger partial charge in [-0.3, -0.25) is 9.59 Å². The van der Waals surface area contributed by atoms with Gasteiger partial charge in [-0.05, 0) is 42.7 Å². The van der Waals surface area contributed by atoms with E-state index in [1.807, 2.05) is 0 Å². The maximum Gasteiger partial charge on any atom is 0.251 e. The van der Waals surface area contributed by atoms with Crippen LogP contribution in [0.2, 0.25) is 0 Å². The van der Waals surface area contributed by atoms with E-state index < -0.39 is 11.6 Å². The highest BCUT2D eigenvalue weighted by atomic mass is 19.1. The second kappa shape index (κ2) is 9.07. The summed E-state index contributed by atoms with van der Waals surface area (Å²) in [5.41, 5.74) is 1.58. The predicted molar refractivity (Wildman–Crippen MR) is 109 cm³/mol. The molecule has 1 heterocycles. The molecular weight excluding hydrogens is 404 g/mol. The largest absolute Gasteiger partial charge is 0.441 e. The van der Waals surface area contributed by atoms with Gasteiger partial charge in [-0.1, -0.05) is 12.1 Å². The molecule has 0 saturated heterocycles. The molecule has 3 aromatic rings. The quantitative estimate of drug-likeness (QED) is 0.576. The Labute approximate surface area is 177 Å². The lowest BCUT2D eigenvalue weighted by molar-refractivity contribution is -0.121. The maximum atomic E-state index is 13.8. The molecule has 0 spiro atoms. The number of hydrogen-bond donors (Lipinski definition) is 2. The van der Waals surface area contributed by atoms with Crippen molar-refractivity contribution in [3.05, 3.63) is 77.3 Å². The SMILES string of the molecule is O=C(CCc1ncc(-c2ccc(F)cc2F)o1)NCc1ccc(C(=O)NC2CC2)cc1. The Balaban J connectivity index is 1.24. The molecular formula is C23H21F2N3O3. The van der Waals surface area contributed by atoms with Crippen LogP contribution in [0.4, 0.5) is 8.78 Å². The molecule has 2 N–H and O–H groups in total. The molecule has 4 rings (SSSR count). The number of carbonyl (C=O) groups is 2. The van der Waals surface area contributed by atoms with E-state index in [1.54, 1.807) is 24.3 Å². The molecule has 31 heavy (non-hydrogen) atoms. The second-order valence-electron chi connectivity index (χ2n) is 7.46. The third kappa shape index (κ3) is 5.53. The summed E-state index contributed by atoms with van der Waals surface area (Å²) in [6.07, 6.45) is 3.81. The van der Waals surface area contributed by atoms with Crippen molar-refractivity contribution in [2.45, 2.75) is 38.3 Å². The van der Waals surface area contributed by atoms with Gasteiger partial charge in [-0.2, -0.15) is 0 Å². The summed E-state index contributed by atoms with van der Waals surface area (Å²) in [4.78, 5) is 28.2. The number of nitrogens with zero attached hydrogens (tertiary/aromatic N) is 1. The number of carbonyl (C=O) groups excluding carboxylic acids is 2. The van der Waals surface area contributed by atoms with Crippen molar-refractivity contribution in [2.75, 3.05) is 0 Å². The molecule has 0 unspecified atom stereocenters. The number of rotatable bonds is 8. The van der Waals surface area contributed by atoms with Crippen molar-refractivity contribution >= 4 is 11.8 Å². The van der Waals surface area contributed by atoms with Gasteiger partial charge in [0.25, 0.3) is 5.91 Å². The minimum Gasteiger partial charge on any atom is -0.441 e. The lowest BCUT2D eigenvalue weighted by Crippen LogP contribution is -2.25. The lowest BCUT2D eigenvalue weighted by atomic mass is 10.1. The van der Waals surface area contributed by atoms with Gasteiger partial charge in [0.15, 0.2) is 11.7 Å². The van der Waals surface area contributed by atoms with E-state index in [4.69, 9.17) is 4.42 Å². The number of nitrogens with one attached hydrogen (secondary N) is 2. The van der Waals surface area contributed by atoms with E-state index >= 15 is 0 Å². The summed E-state index contributed by atoms with van der Waals surface area (Å²) in [6.45, 7) is 0.334. The fourth-order valence-corrected chi connectivity index (χ4v) is 3.02. The number of halogens is 2. The monoisotopic (exact) mass is 425 g/mol. The summed E-state index contributed by atoms with van der Waals surface area (Å²) in [6, 6.07) is 10.6. The molecule has 8 heteroatoms. The third-order valence-electron chi connectivity index (χ3n) is 4.93. The molecule has 1 aromatic heterocycles. The Bertz CT molecular complexity index is 1090. The van der Waals surface area contributed by atoms with E-state index in [1.165, 1.54) is 12.3 Å². The zero-order valence-electron chi connectivity index (χ0n) is 16.7. The zero-order chi connectivity index (χ0) is 21.8. The first kappa shape index (κ1) is 20.7. The average molecular weight is 425 g/mol. The van der Waals surface area contributed by atoms with E-state index in [0.717, 1.165) is 30.5 Å². The molecule has 2 aromatic carbocycles. The fraction of sp³-hybridized carbons (Fsp3) is 0.261. The summed E-state index contributed by atoms with van der Waals surface area (Å²) in [5, 5.41) is 5.73. The molecule has 160 valence electrons. The van der Waals surface area contributed by atoms with Crippen LogP contribution >= 0.6 is 0 Å². The molecule has 0 radical (unpaired) electrons. The van der Waals surface area contributed by atoms with Crippen molar-refractivity contribution in [2.24, 2.45) is 0 Å². The Morgan fingerprint density at radius 1 is 1.10 bits per heavy atom. The summed E-state index contributed by atoms with van der Waals surface area (Å²) in [5.74, 6) is -1.21. The van der Waals surface area contributed by atoms with E-state index in [9.17, 15) is 18.4 Å². The molecule has 2 amide bonds. The Morgan fingerprint density at radius 2 is 1.87 bits per heavy atom. The van der Waals surface area contributed by atoms with Crippen LogP contribution in [0.3, 0.4) is 0 Å². The first-order valence-electron chi connectivity index (χ1n) is 10.0. The highest BCUT2D eigenvalue weighted by Crippen LogP contribution is 2.24. The molecule has 1 aliphatic carbocycles. The summed E-state index contributed by atoms with van der Waals surface area (Å²) >= 11 is 0. The van der Waals surface area contributed by atoms with Gasteiger partial charge in [-0.25, -0.2) is 13.8 Å². The summed E-state index contributed by atoms with van der Waals surface area (Å²) < 4.78 is 32.3. The Kier molecular flexibility index (Phi) is 6.06. The van der Waals surface area contributed by atoms with E-state index in [2.05, 4.69) is 15.6 Å². The predicted octanol–water partition coefficient (Wildman–Crippen LogP) is 3.76. The molecule has 0 atom stereocenters. The van der Waals surface area contributed by atoms with E-state index in [-0.39, 0.29) is 36.0 Å². The van der Waals surface area contributed by atoms with Gasteiger partial charge < -0.3 is 15.1 Å². The molecule has 1 fully saturated rings. The van der Waals surface area contributed by atoms with Crippen LogP contribution in [0.15, 0.2) is 53.1 Å². The fourth-order valence-electron chi connectivity index (χ4n) is 3.02. The van der Waals surface area contributed by atoms with Crippen LogP contribution in [0.1, 0.15) is 41.1 Å². The smallest absolute Gasteiger partial charge is 0.251 e. The van der Waals surface area contributed by atoms with Gasteiger partial charge in [0.1, 0.15) is 11.6 Å². The van der Waals surface area contributed by atoms with Crippen LogP contribution in [0, 0.1) is 11.6 Å². The van der Waals surface area contributed by atoms with Crippen molar-refractivity contribution in [3.8, 4) is 11.3 Å². The van der Waals surface area contributed by atoms with Gasteiger partial charge in [0.2, 0.25) is 5.91 Å². The number of aryl methyl sites for hydroxylation is 1. The number of oxazole rings is 1. The lowest BCUT2D eigenvalue weighted by Gasteiger charge is -2.07. The van der Waals surface area contributed by atoms with Gasteiger partial charge >= 0.3 is 0 Å². The van der Waals surface area contributed by atoms with Crippen molar-refractivity contribution in [3.63, 3.8) is 0 Å². The highest BCUT2D eigenvalue weighted by Gasteiger charge is 2.23. The van der Waals surface area contributed by atoms with E-state index in [0.29, 0.717) is 24.0 Å². The topological polar surface area (TPSA) is 84.2 Å². The summed E-state index contributed by atoms with van der Waals surface area (Å²) in [7, 11) is 0. The number of benzene rings is 2. The molecule has 0 bridgehead atoms. The Morgan fingerprint density at radius 3 is 2.58 bits per heavy atom. The first-order chi connectivity index (χ1) is 15.0. The van der Waals surface area contributed by atoms with Crippen molar-refractivity contribution in [1.82, 2.24) is 15.6 Å². The molecule has 1 saturated carbocycles. The average Bonchev–Trinajstić information content (AvgIpc) is 3.45. The Hall–Kier alpha value is -3.55. The number of aromatic nitrogens is 1. The van der Waals surface area contributed by atoms with Crippen LogP contribution in [-0.4, -0.2) is 22.8 Å². The van der Waals surface area contributed by atoms with Crippen LogP contribution in [0.5, 0.6) is 0 Å². The first-order valence-corrected chi connectivity index (χ1v) is 10.0. The minimum atomic E-state index is -0.739. The second-order valence-corrected chi connectivity index (χ2v) is 7.46. The van der Waals surface area contributed by atoms with Crippen LogP contribution < -0.4 is 10.6 Å². The molecule has 6 nitrogen and oxygen atoms in total. The normalized spacial score (nSPS) is 13.1. The van der Waals surface area contributed by atoms with Crippen molar-refractivity contribution in [1.29, 1.82) is 0 Å². The van der Waals surface area contributed by atoms with Gasteiger partial charge in [-0.15, -0.1) is 0 Å². The minimum absolute atomic E-state index is 0.0797.